The van der Waals surface area contributed by atoms with E-state index >= 15 is 0 Å². The van der Waals surface area contributed by atoms with Crippen LogP contribution in [0.3, 0.4) is 0 Å². The summed E-state index contributed by atoms with van der Waals surface area (Å²) in [7, 11) is 0. The van der Waals surface area contributed by atoms with E-state index in [0.29, 0.717) is 18.5 Å². The number of aryl methyl sites for hydroxylation is 1. The Kier molecular flexibility index (Phi) is 5.21. The number of rotatable bonds is 6. The van der Waals surface area contributed by atoms with Gasteiger partial charge >= 0.3 is 0 Å². The lowest BCUT2D eigenvalue weighted by Gasteiger charge is -2.26. The summed E-state index contributed by atoms with van der Waals surface area (Å²) in [5.41, 5.74) is 2.48. The Morgan fingerprint density at radius 2 is 2.00 bits per heavy atom. The number of aliphatic hydroxyl groups is 1. The molecule has 124 valence electrons. The number of carbonyl (C=O) groups is 1. The molecule has 0 saturated heterocycles. The van der Waals surface area contributed by atoms with E-state index in [0.717, 1.165) is 11.3 Å². The van der Waals surface area contributed by atoms with E-state index in [2.05, 4.69) is 10.4 Å². The first-order valence-electron chi connectivity index (χ1n) is 7.85. The number of carbonyl (C=O) groups excluding carboxylic acids is 1. The minimum absolute atomic E-state index is 0.105. The Labute approximate surface area is 137 Å². The summed E-state index contributed by atoms with van der Waals surface area (Å²) in [6, 6.07) is 7.34. The number of hydrogen-bond donors (Lipinski definition) is 2. The van der Waals surface area contributed by atoms with Crippen molar-refractivity contribution < 1.29 is 9.90 Å². The standard InChI is InChI=1S/C18H25N3O2/c1-13-10-20-21(11-13)16-7-5-15(6-8-16)17(23)19-12-18(3,4)9-14(2)22/h5-8,10-11,14,22H,9,12H2,1-4H3,(H,19,23). The quantitative estimate of drug-likeness (QED) is 0.861. The van der Waals surface area contributed by atoms with E-state index in [-0.39, 0.29) is 17.4 Å². The zero-order valence-electron chi connectivity index (χ0n) is 14.2. The van der Waals surface area contributed by atoms with Crippen LogP contribution in [0.1, 0.15) is 43.1 Å². The van der Waals surface area contributed by atoms with Gasteiger partial charge in [0.25, 0.3) is 5.91 Å². The van der Waals surface area contributed by atoms with Crippen LogP contribution < -0.4 is 5.32 Å². The van der Waals surface area contributed by atoms with E-state index in [9.17, 15) is 9.90 Å². The van der Waals surface area contributed by atoms with Crippen LogP contribution in [0, 0.1) is 12.3 Å². The molecule has 1 heterocycles. The molecule has 0 aliphatic heterocycles. The van der Waals surface area contributed by atoms with Crippen LogP contribution in [0.15, 0.2) is 36.7 Å². The predicted octanol–water partition coefficient (Wildman–Crippen LogP) is 2.71. The zero-order valence-corrected chi connectivity index (χ0v) is 14.2. The molecule has 0 saturated carbocycles. The maximum atomic E-state index is 12.2. The normalized spacial score (nSPS) is 12.9. The van der Waals surface area contributed by atoms with Gasteiger partial charge in [-0.15, -0.1) is 0 Å². The topological polar surface area (TPSA) is 67.2 Å². The van der Waals surface area contributed by atoms with Crippen molar-refractivity contribution in [3.05, 3.63) is 47.8 Å². The fraction of sp³-hybridized carbons (Fsp3) is 0.444. The largest absolute Gasteiger partial charge is 0.393 e. The van der Waals surface area contributed by atoms with Crippen LogP contribution in [0.2, 0.25) is 0 Å². The van der Waals surface area contributed by atoms with Gasteiger partial charge in [0, 0.05) is 18.3 Å². The molecule has 5 nitrogen and oxygen atoms in total. The molecular weight excluding hydrogens is 290 g/mol. The van der Waals surface area contributed by atoms with Gasteiger partial charge in [0.1, 0.15) is 0 Å². The van der Waals surface area contributed by atoms with Crippen LogP contribution in [0.4, 0.5) is 0 Å². The van der Waals surface area contributed by atoms with Crippen LogP contribution in [0.25, 0.3) is 5.69 Å². The van der Waals surface area contributed by atoms with Crippen molar-refractivity contribution in [3.8, 4) is 5.69 Å². The van der Waals surface area contributed by atoms with Crippen molar-refractivity contribution in [1.82, 2.24) is 15.1 Å². The number of aliphatic hydroxyl groups excluding tert-OH is 1. The molecule has 1 unspecified atom stereocenters. The number of amides is 1. The molecule has 0 fully saturated rings. The molecule has 0 bridgehead atoms. The van der Waals surface area contributed by atoms with Crippen molar-refractivity contribution in [3.63, 3.8) is 0 Å². The van der Waals surface area contributed by atoms with Gasteiger partial charge in [0.05, 0.1) is 18.0 Å². The predicted molar refractivity (Wildman–Crippen MR) is 90.7 cm³/mol. The molecular formula is C18H25N3O2. The van der Waals surface area contributed by atoms with Crippen molar-refractivity contribution in [1.29, 1.82) is 0 Å². The van der Waals surface area contributed by atoms with Crippen molar-refractivity contribution in [2.24, 2.45) is 5.41 Å². The van der Waals surface area contributed by atoms with Gasteiger partial charge in [-0.2, -0.15) is 5.10 Å². The van der Waals surface area contributed by atoms with E-state index in [1.807, 2.05) is 39.1 Å². The third-order valence-corrected chi connectivity index (χ3v) is 3.68. The molecule has 1 aromatic carbocycles. The number of aromatic nitrogens is 2. The third kappa shape index (κ3) is 4.93. The van der Waals surface area contributed by atoms with E-state index in [4.69, 9.17) is 0 Å². The second-order valence-corrected chi connectivity index (χ2v) is 6.91. The molecule has 1 atom stereocenters. The smallest absolute Gasteiger partial charge is 0.251 e. The number of hydrogen-bond acceptors (Lipinski definition) is 3. The summed E-state index contributed by atoms with van der Waals surface area (Å²) in [5, 5.41) is 16.7. The molecule has 1 aromatic heterocycles. The minimum Gasteiger partial charge on any atom is -0.393 e. The van der Waals surface area contributed by atoms with Crippen LogP contribution in [-0.2, 0) is 0 Å². The lowest BCUT2D eigenvalue weighted by atomic mass is 9.87. The molecule has 2 N–H and O–H groups in total. The fourth-order valence-electron chi connectivity index (χ4n) is 2.61. The molecule has 2 rings (SSSR count). The van der Waals surface area contributed by atoms with E-state index in [1.165, 1.54) is 0 Å². The first-order valence-corrected chi connectivity index (χ1v) is 7.85. The highest BCUT2D eigenvalue weighted by atomic mass is 16.3. The lowest BCUT2D eigenvalue weighted by molar-refractivity contribution is 0.0902. The number of benzene rings is 1. The average molecular weight is 315 g/mol. The molecule has 0 aliphatic rings. The van der Waals surface area contributed by atoms with Gasteiger partial charge in [-0.3, -0.25) is 4.79 Å². The Bertz CT molecular complexity index is 657. The van der Waals surface area contributed by atoms with E-state index in [1.54, 1.807) is 29.9 Å². The van der Waals surface area contributed by atoms with Crippen LogP contribution in [0.5, 0.6) is 0 Å². The summed E-state index contributed by atoms with van der Waals surface area (Å²) in [6.07, 6.45) is 4.00. The maximum Gasteiger partial charge on any atom is 0.251 e. The monoisotopic (exact) mass is 315 g/mol. The zero-order chi connectivity index (χ0) is 17.0. The van der Waals surface area contributed by atoms with Crippen molar-refractivity contribution in [2.75, 3.05) is 6.54 Å². The average Bonchev–Trinajstić information content (AvgIpc) is 2.90. The molecule has 1 amide bonds. The number of nitrogens with one attached hydrogen (secondary N) is 1. The second-order valence-electron chi connectivity index (χ2n) is 6.91. The molecule has 0 radical (unpaired) electrons. The summed E-state index contributed by atoms with van der Waals surface area (Å²) in [5.74, 6) is -0.105. The SMILES string of the molecule is Cc1cnn(-c2ccc(C(=O)NCC(C)(C)CC(C)O)cc2)c1. The van der Waals surface area contributed by atoms with Crippen LogP contribution in [-0.4, -0.2) is 33.4 Å². The lowest BCUT2D eigenvalue weighted by Crippen LogP contribution is -2.35. The van der Waals surface area contributed by atoms with Gasteiger partial charge in [0.15, 0.2) is 0 Å². The van der Waals surface area contributed by atoms with Crippen molar-refractivity contribution >= 4 is 5.91 Å². The van der Waals surface area contributed by atoms with Gasteiger partial charge in [-0.05, 0) is 55.5 Å². The maximum absolute atomic E-state index is 12.2. The summed E-state index contributed by atoms with van der Waals surface area (Å²) < 4.78 is 1.78. The molecule has 23 heavy (non-hydrogen) atoms. The Morgan fingerprint density at radius 1 is 1.35 bits per heavy atom. The van der Waals surface area contributed by atoms with Gasteiger partial charge in [0.2, 0.25) is 0 Å². The van der Waals surface area contributed by atoms with Crippen LogP contribution >= 0.6 is 0 Å². The molecule has 5 heteroatoms. The molecule has 0 aliphatic carbocycles. The number of nitrogens with zero attached hydrogens (tertiary/aromatic N) is 2. The summed E-state index contributed by atoms with van der Waals surface area (Å²) in [6.45, 7) is 8.34. The third-order valence-electron chi connectivity index (χ3n) is 3.68. The van der Waals surface area contributed by atoms with Gasteiger partial charge in [-0.25, -0.2) is 4.68 Å². The minimum atomic E-state index is -0.376. The second kappa shape index (κ2) is 6.96. The first kappa shape index (κ1) is 17.2. The Balaban J connectivity index is 1.98. The highest BCUT2D eigenvalue weighted by molar-refractivity contribution is 5.94. The summed E-state index contributed by atoms with van der Waals surface area (Å²) >= 11 is 0. The van der Waals surface area contributed by atoms with E-state index < -0.39 is 0 Å². The van der Waals surface area contributed by atoms with Gasteiger partial charge in [-0.1, -0.05) is 13.8 Å². The molecule has 0 spiro atoms. The highest BCUT2D eigenvalue weighted by Crippen LogP contribution is 2.21. The fourth-order valence-corrected chi connectivity index (χ4v) is 2.61. The Hall–Kier alpha value is -2.14. The first-order chi connectivity index (χ1) is 10.8. The Morgan fingerprint density at radius 3 is 2.52 bits per heavy atom. The highest BCUT2D eigenvalue weighted by Gasteiger charge is 2.21. The van der Waals surface area contributed by atoms with Gasteiger partial charge < -0.3 is 10.4 Å². The van der Waals surface area contributed by atoms with Crippen molar-refractivity contribution in [2.45, 2.75) is 40.2 Å². The summed E-state index contributed by atoms with van der Waals surface area (Å²) in [4.78, 5) is 12.2. The molecule has 2 aromatic rings.